The van der Waals surface area contributed by atoms with Gasteiger partial charge in [0, 0.05) is 16.9 Å². The molecule has 4 heteroatoms. The van der Waals surface area contributed by atoms with Gasteiger partial charge >= 0.3 is 0 Å². The third-order valence-electron chi connectivity index (χ3n) is 2.75. The SMILES string of the molecule is COc1ccc(NCC(=O)c2cccc(N)c2)cc1. The normalized spacial score (nSPS) is 9.95. The van der Waals surface area contributed by atoms with Crippen molar-refractivity contribution in [3.8, 4) is 5.75 Å². The highest BCUT2D eigenvalue weighted by Crippen LogP contribution is 2.15. The minimum Gasteiger partial charge on any atom is -0.497 e. The zero-order valence-electron chi connectivity index (χ0n) is 10.7. The van der Waals surface area contributed by atoms with E-state index in [1.165, 1.54) is 0 Å². The average molecular weight is 256 g/mol. The van der Waals surface area contributed by atoms with Gasteiger partial charge in [-0.2, -0.15) is 0 Å². The van der Waals surface area contributed by atoms with Crippen LogP contribution in [0.1, 0.15) is 10.4 Å². The van der Waals surface area contributed by atoms with Gasteiger partial charge in [0.2, 0.25) is 0 Å². The van der Waals surface area contributed by atoms with Crippen molar-refractivity contribution in [2.75, 3.05) is 24.7 Å². The lowest BCUT2D eigenvalue weighted by Crippen LogP contribution is -2.14. The molecule has 0 aromatic heterocycles. The molecule has 2 rings (SSSR count). The van der Waals surface area contributed by atoms with Gasteiger partial charge in [0.25, 0.3) is 0 Å². The molecule has 0 aliphatic carbocycles. The topological polar surface area (TPSA) is 64.3 Å². The monoisotopic (exact) mass is 256 g/mol. The van der Waals surface area contributed by atoms with Crippen LogP contribution in [0.25, 0.3) is 0 Å². The van der Waals surface area contributed by atoms with Gasteiger partial charge in [-0.3, -0.25) is 4.79 Å². The van der Waals surface area contributed by atoms with Crippen LogP contribution in [0.15, 0.2) is 48.5 Å². The number of rotatable bonds is 5. The molecule has 0 aliphatic heterocycles. The Balaban J connectivity index is 1.96. The third kappa shape index (κ3) is 3.48. The standard InChI is InChI=1S/C15H16N2O2/c1-19-14-7-5-13(6-8-14)17-10-15(18)11-3-2-4-12(16)9-11/h2-9,17H,10,16H2,1H3. The average Bonchev–Trinajstić information content (AvgIpc) is 2.45. The third-order valence-corrected chi connectivity index (χ3v) is 2.75. The quantitative estimate of drug-likeness (QED) is 0.637. The zero-order chi connectivity index (χ0) is 13.7. The molecule has 19 heavy (non-hydrogen) atoms. The Hall–Kier alpha value is -2.49. The first-order valence-electron chi connectivity index (χ1n) is 5.96. The Morgan fingerprint density at radius 1 is 1.21 bits per heavy atom. The fourth-order valence-electron chi connectivity index (χ4n) is 1.71. The van der Waals surface area contributed by atoms with Crippen molar-refractivity contribution in [1.82, 2.24) is 0 Å². The molecule has 0 saturated heterocycles. The fourth-order valence-corrected chi connectivity index (χ4v) is 1.71. The second-order valence-electron chi connectivity index (χ2n) is 4.13. The molecule has 0 fully saturated rings. The van der Waals surface area contributed by atoms with Gasteiger partial charge in [0.1, 0.15) is 5.75 Å². The molecule has 0 radical (unpaired) electrons. The lowest BCUT2D eigenvalue weighted by Gasteiger charge is -2.07. The number of methoxy groups -OCH3 is 1. The lowest BCUT2D eigenvalue weighted by molar-refractivity contribution is 0.101. The van der Waals surface area contributed by atoms with Crippen LogP contribution in [0.4, 0.5) is 11.4 Å². The molecule has 0 unspecified atom stereocenters. The van der Waals surface area contributed by atoms with Crippen molar-refractivity contribution >= 4 is 17.2 Å². The van der Waals surface area contributed by atoms with E-state index >= 15 is 0 Å². The summed E-state index contributed by atoms with van der Waals surface area (Å²) in [5, 5.41) is 3.07. The molecule has 3 N–H and O–H groups in total. The largest absolute Gasteiger partial charge is 0.497 e. The second kappa shape index (κ2) is 5.91. The van der Waals surface area contributed by atoms with Gasteiger partial charge in [-0.15, -0.1) is 0 Å². The summed E-state index contributed by atoms with van der Waals surface area (Å²) in [4.78, 5) is 12.0. The number of nitrogen functional groups attached to an aromatic ring is 1. The number of Topliss-reactive ketones (excluding diaryl/α,β-unsaturated/α-hetero) is 1. The first-order valence-corrected chi connectivity index (χ1v) is 5.96. The maximum atomic E-state index is 12.0. The van der Waals surface area contributed by atoms with E-state index in [2.05, 4.69) is 5.32 Å². The second-order valence-corrected chi connectivity index (χ2v) is 4.13. The molecule has 0 amide bonds. The van der Waals surface area contributed by atoms with E-state index in [4.69, 9.17) is 10.5 Å². The van der Waals surface area contributed by atoms with E-state index in [1.54, 1.807) is 31.4 Å². The van der Waals surface area contributed by atoms with Crippen molar-refractivity contribution in [1.29, 1.82) is 0 Å². The molecule has 0 saturated carbocycles. The van der Waals surface area contributed by atoms with Crippen LogP contribution in [-0.2, 0) is 0 Å². The van der Waals surface area contributed by atoms with Crippen LogP contribution < -0.4 is 15.8 Å². The Labute approximate surface area is 112 Å². The Morgan fingerprint density at radius 2 is 1.95 bits per heavy atom. The Kier molecular flexibility index (Phi) is 4.03. The number of nitrogens with two attached hydrogens (primary N) is 1. The van der Waals surface area contributed by atoms with Crippen LogP contribution >= 0.6 is 0 Å². The number of carbonyl (C=O) groups is 1. The first-order chi connectivity index (χ1) is 9.19. The van der Waals surface area contributed by atoms with Crippen molar-refractivity contribution in [3.05, 3.63) is 54.1 Å². The number of anilines is 2. The lowest BCUT2D eigenvalue weighted by atomic mass is 10.1. The summed E-state index contributed by atoms with van der Waals surface area (Å²) < 4.78 is 5.07. The number of ketones is 1. The molecular formula is C15H16N2O2. The number of hydrogen-bond donors (Lipinski definition) is 2. The first kappa shape index (κ1) is 13.0. The number of ether oxygens (including phenoxy) is 1. The molecular weight excluding hydrogens is 240 g/mol. The van der Waals surface area contributed by atoms with E-state index in [1.807, 2.05) is 24.3 Å². The molecule has 2 aromatic rings. The number of benzene rings is 2. The maximum absolute atomic E-state index is 12.0. The van der Waals surface area contributed by atoms with Gasteiger partial charge in [0.05, 0.1) is 13.7 Å². The molecule has 98 valence electrons. The predicted molar refractivity (Wildman–Crippen MR) is 76.7 cm³/mol. The molecule has 4 nitrogen and oxygen atoms in total. The summed E-state index contributed by atoms with van der Waals surface area (Å²) >= 11 is 0. The Morgan fingerprint density at radius 3 is 2.58 bits per heavy atom. The molecule has 2 aromatic carbocycles. The van der Waals surface area contributed by atoms with Crippen LogP contribution in [0.3, 0.4) is 0 Å². The number of carbonyl (C=O) groups excluding carboxylic acids is 1. The minimum absolute atomic E-state index is 0.00289. The van der Waals surface area contributed by atoms with Crippen molar-refractivity contribution < 1.29 is 9.53 Å². The van der Waals surface area contributed by atoms with Gasteiger partial charge < -0.3 is 15.8 Å². The Bertz CT molecular complexity index is 565. The molecule has 0 aliphatic rings. The van der Waals surface area contributed by atoms with Gasteiger partial charge in [-0.1, -0.05) is 12.1 Å². The van der Waals surface area contributed by atoms with E-state index in [0.29, 0.717) is 11.3 Å². The van der Waals surface area contributed by atoms with E-state index in [-0.39, 0.29) is 12.3 Å². The number of hydrogen-bond acceptors (Lipinski definition) is 4. The van der Waals surface area contributed by atoms with E-state index in [0.717, 1.165) is 11.4 Å². The molecule has 0 bridgehead atoms. The summed E-state index contributed by atoms with van der Waals surface area (Å²) in [5.41, 5.74) is 7.73. The molecule has 0 heterocycles. The predicted octanol–water partition coefficient (Wildman–Crippen LogP) is 2.57. The summed E-state index contributed by atoms with van der Waals surface area (Å²) in [6.45, 7) is 0.232. The van der Waals surface area contributed by atoms with E-state index < -0.39 is 0 Å². The van der Waals surface area contributed by atoms with Crippen LogP contribution in [0.2, 0.25) is 0 Å². The summed E-state index contributed by atoms with van der Waals surface area (Å²) in [6, 6.07) is 14.4. The fraction of sp³-hybridized carbons (Fsp3) is 0.133. The van der Waals surface area contributed by atoms with Gasteiger partial charge in [-0.05, 0) is 36.4 Å². The highest BCUT2D eigenvalue weighted by atomic mass is 16.5. The maximum Gasteiger partial charge on any atom is 0.181 e. The summed E-state index contributed by atoms with van der Waals surface area (Å²) in [7, 11) is 1.62. The number of nitrogens with one attached hydrogen (secondary N) is 1. The summed E-state index contributed by atoms with van der Waals surface area (Å²) in [6.07, 6.45) is 0. The van der Waals surface area contributed by atoms with Crippen molar-refractivity contribution in [3.63, 3.8) is 0 Å². The van der Waals surface area contributed by atoms with Crippen LogP contribution in [0, 0.1) is 0 Å². The van der Waals surface area contributed by atoms with Crippen molar-refractivity contribution in [2.45, 2.75) is 0 Å². The van der Waals surface area contributed by atoms with Gasteiger partial charge in [-0.25, -0.2) is 0 Å². The highest BCUT2D eigenvalue weighted by molar-refractivity contribution is 5.99. The molecule has 0 atom stereocenters. The van der Waals surface area contributed by atoms with Crippen LogP contribution in [-0.4, -0.2) is 19.4 Å². The highest BCUT2D eigenvalue weighted by Gasteiger charge is 2.05. The molecule has 0 spiro atoms. The van der Waals surface area contributed by atoms with Gasteiger partial charge in [0.15, 0.2) is 5.78 Å². The van der Waals surface area contributed by atoms with E-state index in [9.17, 15) is 4.79 Å². The minimum atomic E-state index is 0.00289. The summed E-state index contributed by atoms with van der Waals surface area (Å²) in [5.74, 6) is 0.788. The zero-order valence-corrected chi connectivity index (χ0v) is 10.7. The van der Waals surface area contributed by atoms with Crippen LogP contribution in [0.5, 0.6) is 5.75 Å². The smallest absolute Gasteiger partial charge is 0.181 e. The van der Waals surface area contributed by atoms with Crippen molar-refractivity contribution in [2.24, 2.45) is 0 Å².